The molecule has 0 bridgehead atoms. The molecule has 0 aromatic carbocycles. The highest BCUT2D eigenvalue weighted by Crippen LogP contribution is 2.14. The lowest BCUT2D eigenvalue weighted by Gasteiger charge is -1.94. The Balaban J connectivity index is 0.000000845. The molecule has 0 saturated heterocycles. The minimum Gasteiger partial charge on any atom is -0.289 e. The van der Waals surface area contributed by atoms with Crippen LogP contribution in [0.1, 0.15) is 24.1 Å². The normalized spacial score (nSPS) is 15.4. The third kappa shape index (κ3) is 1.91. The number of aryl methyl sites for hydroxylation is 2. The molecule has 0 atom stereocenters. The van der Waals surface area contributed by atoms with Crippen LogP contribution >= 0.6 is 12.4 Å². The van der Waals surface area contributed by atoms with E-state index in [4.69, 9.17) is 0 Å². The van der Waals surface area contributed by atoms with Gasteiger partial charge in [0, 0.05) is 31.1 Å². The first kappa shape index (κ1) is 10.3. The number of aromatic nitrogens is 2. The molecular weight excluding hydrogens is 186 g/mol. The van der Waals surface area contributed by atoms with Crippen molar-refractivity contribution in [2.24, 2.45) is 12.0 Å². The Morgan fingerprint density at radius 2 is 2.23 bits per heavy atom. The molecule has 72 valence electrons. The van der Waals surface area contributed by atoms with E-state index in [1.165, 1.54) is 17.7 Å². The molecular formula is C9H14ClN3. The van der Waals surface area contributed by atoms with Crippen LogP contribution in [-0.2, 0) is 7.05 Å². The zero-order valence-electron chi connectivity index (χ0n) is 7.95. The summed E-state index contributed by atoms with van der Waals surface area (Å²) in [5, 5.41) is 4.29. The monoisotopic (exact) mass is 199 g/mol. The van der Waals surface area contributed by atoms with Gasteiger partial charge in [0.05, 0.1) is 5.69 Å². The molecule has 1 aliphatic rings. The molecule has 3 nitrogen and oxygen atoms in total. The summed E-state index contributed by atoms with van der Waals surface area (Å²) in [6.45, 7) is 3.03. The Labute approximate surface area is 84.3 Å². The van der Waals surface area contributed by atoms with E-state index in [1.807, 2.05) is 18.7 Å². The number of aliphatic imine (C=N–C) groups is 1. The van der Waals surface area contributed by atoms with Gasteiger partial charge in [0.1, 0.15) is 0 Å². The minimum absolute atomic E-state index is 0. The van der Waals surface area contributed by atoms with Gasteiger partial charge in [-0.25, -0.2) is 0 Å². The quantitative estimate of drug-likeness (QED) is 0.678. The van der Waals surface area contributed by atoms with E-state index in [0.717, 1.165) is 18.7 Å². The first-order valence-corrected chi connectivity index (χ1v) is 4.31. The van der Waals surface area contributed by atoms with Gasteiger partial charge in [-0.15, -0.1) is 12.4 Å². The number of hydrogen-bond donors (Lipinski definition) is 0. The van der Waals surface area contributed by atoms with E-state index in [1.54, 1.807) is 0 Å². The van der Waals surface area contributed by atoms with Gasteiger partial charge >= 0.3 is 0 Å². The Hall–Kier alpha value is -0.830. The lowest BCUT2D eigenvalue weighted by Crippen LogP contribution is -1.95. The highest BCUT2D eigenvalue weighted by atomic mass is 35.5. The molecule has 2 heterocycles. The van der Waals surface area contributed by atoms with Crippen molar-refractivity contribution >= 4 is 18.1 Å². The van der Waals surface area contributed by atoms with E-state index >= 15 is 0 Å². The molecule has 0 radical (unpaired) electrons. The minimum atomic E-state index is 0. The Bertz CT molecular complexity index is 328. The average molecular weight is 200 g/mol. The van der Waals surface area contributed by atoms with Crippen molar-refractivity contribution < 1.29 is 0 Å². The molecule has 4 heteroatoms. The second-order valence-electron chi connectivity index (χ2n) is 3.23. The summed E-state index contributed by atoms with van der Waals surface area (Å²) in [5.41, 5.74) is 3.56. The van der Waals surface area contributed by atoms with E-state index in [-0.39, 0.29) is 12.4 Å². The predicted octanol–water partition coefficient (Wildman–Crippen LogP) is 1.73. The Kier molecular flexibility index (Phi) is 3.09. The summed E-state index contributed by atoms with van der Waals surface area (Å²) in [4.78, 5) is 4.44. The molecule has 1 aromatic heterocycles. The standard InChI is InChI=1S/C9H13N3.ClH/c1-7-8(6-12(2)11-7)9-4-3-5-10-9;/h6H,3-5H2,1-2H3;1H. The number of rotatable bonds is 1. The van der Waals surface area contributed by atoms with Gasteiger partial charge in [-0.1, -0.05) is 0 Å². The molecule has 0 aliphatic carbocycles. The van der Waals surface area contributed by atoms with Gasteiger partial charge in [-0.3, -0.25) is 9.67 Å². The Morgan fingerprint density at radius 3 is 2.69 bits per heavy atom. The molecule has 1 aromatic rings. The SMILES string of the molecule is Cc1nn(C)cc1C1=NCCC1.Cl. The number of nitrogens with zero attached hydrogens (tertiary/aromatic N) is 3. The predicted molar refractivity (Wildman–Crippen MR) is 55.8 cm³/mol. The molecule has 0 amide bonds. The van der Waals surface area contributed by atoms with Crippen molar-refractivity contribution in [1.82, 2.24) is 9.78 Å². The number of halogens is 1. The largest absolute Gasteiger partial charge is 0.289 e. The fourth-order valence-corrected chi connectivity index (χ4v) is 1.64. The maximum absolute atomic E-state index is 4.44. The van der Waals surface area contributed by atoms with E-state index < -0.39 is 0 Å². The summed E-state index contributed by atoms with van der Waals surface area (Å²) in [5.74, 6) is 0. The summed E-state index contributed by atoms with van der Waals surface area (Å²) in [6, 6.07) is 0. The smallest absolute Gasteiger partial charge is 0.0684 e. The van der Waals surface area contributed by atoms with Gasteiger partial charge < -0.3 is 0 Å². The molecule has 2 rings (SSSR count). The van der Waals surface area contributed by atoms with Gasteiger partial charge in [0.15, 0.2) is 0 Å². The summed E-state index contributed by atoms with van der Waals surface area (Å²) in [6.07, 6.45) is 4.37. The zero-order valence-corrected chi connectivity index (χ0v) is 8.77. The molecule has 0 unspecified atom stereocenters. The highest BCUT2D eigenvalue weighted by Gasteiger charge is 2.13. The topological polar surface area (TPSA) is 30.2 Å². The van der Waals surface area contributed by atoms with Gasteiger partial charge in [0.2, 0.25) is 0 Å². The molecule has 0 N–H and O–H groups in total. The molecule has 0 saturated carbocycles. The highest BCUT2D eigenvalue weighted by molar-refractivity contribution is 6.02. The van der Waals surface area contributed by atoms with Crippen LogP contribution in [-0.4, -0.2) is 22.0 Å². The zero-order chi connectivity index (χ0) is 8.55. The average Bonchev–Trinajstić information content (AvgIpc) is 2.58. The fourth-order valence-electron chi connectivity index (χ4n) is 1.64. The van der Waals surface area contributed by atoms with Crippen LogP contribution in [0.15, 0.2) is 11.2 Å². The molecule has 0 fully saturated rings. The van der Waals surface area contributed by atoms with Crippen LogP contribution in [0, 0.1) is 6.92 Å². The van der Waals surface area contributed by atoms with Crippen molar-refractivity contribution in [1.29, 1.82) is 0 Å². The second-order valence-corrected chi connectivity index (χ2v) is 3.23. The van der Waals surface area contributed by atoms with Crippen molar-refractivity contribution in [2.45, 2.75) is 19.8 Å². The van der Waals surface area contributed by atoms with E-state index in [2.05, 4.69) is 16.3 Å². The summed E-state index contributed by atoms with van der Waals surface area (Å²) in [7, 11) is 1.95. The fraction of sp³-hybridized carbons (Fsp3) is 0.556. The lowest BCUT2D eigenvalue weighted by molar-refractivity contribution is 0.756. The third-order valence-corrected chi connectivity index (χ3v) is 2.20. The van der Waals surface area contributed by atoms with Crippen molar-refractivity contribution in [3.63, 3.8) is 0 Å². The van der Waals surface area contributed by atoms with Crippen LogP contribution in [0.2, 0.25) is 0 Å². The molecule has 13 heavy (non-hydrogen) atoms. The molecule has 0 spiro atoms. The van der Waals surface area contributed by atoms with Crippen LogP contribution in [0.3, 0.4) is 0 Å². The van der Waals surface area contributed by atoms with Crippen LogP contribution in [0.4, 0.5) is 0 Å². The van der Waals surface area contributed by atoms with Crippen LogP contribution < -0.4 is 0 Å². The summed E-state index contributed by atoms with van der Waals surface area (Å²) < 4.78 is 1.85. The van der Waals surface area contributed by atoms with Crippen LogP contribution in [0.5, 0.6) is 0 Å². The second kappa shape index (κ2) is 3.92. The Morgan fingerprint density at radius 1 is 1.46 bits per heavy atom. The maximum Gasteiger partial charge on any atom is 0.0684 e. The van der Waals surface area contributed by atoms with Crippen molar-refractivity contribution in [3.8, 4) is 0 Å². The maximum atomic E-state index is 4.44. The van der Waals surface area contributed by atoms with Gasteiger partial charge in [-0.2, -0.15) is 5.10 Å². The van der Waals surface area contributed by atoms with Crippen molar-refractivity contribution in [2.75, 3.05) is 6.54 Å². The van der Waals surface area contributed by atoms with Crippen LogP contribution in [0.25, 0.3) is 0 Å². The van der Waals surface area contributed by atoms with Gasteiger partial charge in [-0.05, 0) is 19.8 Å². The van der Waals surface area contributed by atoms with E-state index in [0.29, 0.717) is 0 Å². The molecule has 1 aliphatic heterocycles. The third-order valence-electron chi connectivity index (χ3n) is 2.20. The van der Waals surface area contributed by atoms with Crippen molar-refractivity contribution in [3.05, 3.63) is 17.5 Å². The summed E-state index contributed by atoms with van der Waals surface area (Å²) >= 11 is 0. The first-order chi connectivity index (χ1) is 5.77. The lowest BCUT2D eigenvalue weighted by atomic mass is 10.1. The number of hydrogen-bond acceptors (Lipinski definition) is 2. The first-order valence-electron chi connectivity index (χ1n) is 4.31. The van der Waals surface area contributed by atoms with E-state index in [9.17, 15) is 0 Å². The van der Waals surface area contributed by atoms with Gasteiger partial charge in [0.25, 0.3) is 0 Å².